The van der Waals surface area contributed by atoms with Gasteiger partial charge in [-0.25, -0.2) is 4.98 Å². The minimum absolute atomic E-state index is 0.0605. The van der Waals surface area contributed by atoms with Crippen LogP contribution in [0, 0.1) is 11.3 Å². The molecule has 3 heterocycles. The molecule has 136 valence electrons. The first kappa shape index (κ1) is 17.7. The molecule has 1 aromatic rings. The van der Waals surface area contributed by atoms with Crippen molar-refractivity contribution < 1.29 is 28.5 Å². The first-order valence-corrected chi connectivity index (χ1v) is 7.71. The average Bonchev–Trinajstić information content (AvgIpc) is 2.89. The molecule has 25 heavy (non-hydrogen) atoms. The Morgan fingerprint density at radius 2 is 1.76 bits per heavy atom. The number of aliphatic hydroxyl groups excluding tert-OH is 3. The van der Waals surface area contributed by atoms with Gasteiger partial charge in [0.25, 0.3) is 0 Å². The maximum Gasteiger partial charge on any atom is 0.417 e. The molecule has 10 heteroatoms. The Morgan fingerprint density at radius 1 is 1.16 bits per heavy atom. The Bertz CT molecular complexity index is 711. The zero-order valence-electron chi connectivity index (χ0n) is 13.3. The van der Waals surface area contributed by atoms with Gasteiger partial charge in [0, 0.05) is 19.6 Å². The summed E-state index contributed by atoms with van der Waals surface area (Å²) in [7, 11) is 0. The maximum absolute atomic E-state index is 13.4. The molecule has 0 saturated carbocycles. The van der Waals surface area contributed by atoms with E-state index in [1.807, 2.05) is 0 Å². The number of pyridine rings is 1. The molecular formula is C15H17F3N4O3. The van der Waals surface area contributed by atoms with Crippen molar-refractivity contribution in [1.29, 1.82) is 5.26 Å². The molecule has 0 bridgehead atoms. The fraction of sp³-hybridized carbons (Fsp3) is 0.600. The second-order valence-corrected chi connectivity index (χ2v) is 6.34. The van der Waals surface area contributed by atoms with Crippen LogP contribution in [-0.4, -0.2) is 64.3 Å². The van der Waals surface area contributed by atoms with Crippen LogP contribution in [0.2, 0.25) is 0 Å². The van der Waals surface area contributed by atoms with Crippen LogP contribution in [0.15, 0.2) is 6.07 Å². The van der Waals surface area contributed by atoms with Gasteiger partial charge in [-0.2, -0.15) is 18.4 Å². The van der Waals surface area contributed by atoms with Gasteiger partial charge in [-0.1, -0.05) is 0 Å². The molecule has 2 aliphatic rings. The van der Waals surface area contributed by atoms with Crippen molar-refractivity contribution in [2.45, 2.75) is 37.5 Å². The summed E-state index contributed by atoms with van der Waals surface area (Å²) in [6.07, 6.45) is -7.64. The van der Waals surface area contributed by atoms with Crippen LogP contribution in [0.3, 0.4) is 0 Å². The molecule has 0 aromatic carbocycles. The van der Waals surface area contributed by atoms with Gasteiger partial charge >= 0.3 is 6.18 Å². The highest BCUT2D eigenvalue weighted by Gasteiger charge is 2.42. The van der Waals surface area contributed by atoms with Crippen LogP contribution < -0.4 is 9.80 Å². The van der Waals surface area contributed by atoms with E-state index in [1.165, 1.54) is 9.80 Å². The molecular weight excluding hydrogens is 341 g/mol. The van der Waals surface area contributed by atoms with Crippen molar-refractivity contribution >= 4 is 11.6 Å². The van der Waals surface area contributed by atoms with Gasteiger partial charge in [0.05, 0.1) is 29.9 Å². The van der Waals surface area contributed by atoms with E-state index in [2.05, 4.69) is 4.98 Å². The van der Waals surface area contributed by atoms with Crippen LogP contribution in [0.25, 0.3) is 0 Å². The fourth-order valence-corrected chi connectivity index (χ4v) is 3.05. The summed E-state index contributed by atoms with van der Waals surface area (Å²) < 4.78 is 40.3. The highest BCUT2D eigenvalue weighted by molar-refractivity contribution is 5.65. The predicted molar refractivity (Wildman–Crippen MR) is 81.0 cm³/mol. The minimum atomic E-state index is -4.76. The molecule has 3 N–H and O–H groups in total. The summed E-state index contributed by atoms with van der Waals surface area (Å²) in [5, 5.41) is 38.2. The van der Waals surface area contributed by atoms with Crippen molar-refractivity contribution in [3.05, 3.63) is 17.2 Å². The van der Waals surface area contributed by atoms with E-state index in [-0.39, 0.29) is 31.3 Å². The van der Waals surface area contributed by atoms with Gasteiger partial charge in [0.1, 0.15) is 23.3 Å². The minimum Gasteiger partial charge on any atom is -0.389 e. The van der Waals surface area contributed by atoms with E-state index in [0.717, 1.165) is 6.07 Å². The number of aliphatic hydroxyl groups is 3. The third-order valence-electron chi connectivity index (χ3n) is 4.69. The van der Waals surface area contributed by atoms with Crippen molar-refractivity contribution in [2.75, 3.05) is 29.4 Å². The van der Waals surface area contributed by atoms with E-state index in [4.69, 9.17) is 0 Å². The summed E-state index contributed by atoms with van der Waals surface area (Å²) in [6.45, 7) is 1.58. The van der Waals surface area contributed by atoms with Crippen LogP contribution in [-0.2, 0) is 6.18 Å². The van der Waals surface area contributed by atoms with E-state index < -0.39 is 41.7 Å². The molecule has 4 atom stereocenters. The number of alkyl halides is 3. The van der Waals surface area contributed by atoms with Crippen molar-refractivity contribution in [3.8, 4) is 6.07 Å². The molecule has 7 nitrogen and oxygen atoms in total. The number of nitriles is 1. The number of aromatic nitrogens is 1. The number of β-amino-alcohol motifs (C(OH)–C–C–N with tert-alkyl or cyclic N) is 3. The number of nitrogens with zero attached hydrogens (tertiary/aromatic N) is 4. The number of anilines is 2. The van der Waals surface area contributed by atoms with Crippen molar-refractivity contribution in [1.82, 2.24) is 4.98 Å². The van der Waals surface area contributed by atoms with Crippen molar-refractivity contribution in [2.24, 2.45) is 0 Å². The lowest BCUT2D eigenvalue weighted by Crippen LogP contribution is -2.59. The Morgan fingerprint density at radius 3 is 2.20 bits per heavy atom. The predicted octanol–water partition coefficient (Wildman–Crippen LogP) is 0.0833. The fourth-order valence-electron chi connectivity index (χ4n) is 3.05. The zero-order valence-corrected chi connectivity index (χ0v) is 13.3. The van der Waals surface area contributed by atoms with Crippen LogP contribution in [0.4, 0.5) is 24.8 Å². The molecule has 2 saturated heterocycles. The number of hydrogen-bond acceptors (Lipinski definition) is 7. The molecule has 0 amide bonds. The molecule has 0 radical (unpaired) electrons. The van der Waals surface area contributed by atoms with Crippen LogP contribution >= 0.6 is 0 Å². The van der Waals surface area contributed by atoms with E-state index in [9.17, 15) is 33.8 Å². The molecule has 0 unspecified atom stereocenters. The lowest BCUT2D eigenvalue weighted by atomic mass is 9.99. The summed E-state index contributed by atoms with van der Waals surface area (Å²) in [5.41, 5.74) is -1.73. The highest BCUT2D eigenvalue weighted by Crippen LogP contribution is 2.40. The summed E-state index contributed by atoms with van der Waals surface area (Å²) >= 11 is 0. The maximum atomic E-state index is 13.4. The number of rotatable bonds is 2. The van der Waals surface area contributed by atoms with E-state index >= 15 is 0 Å². The Kier molecular flexibility index (Phi) is 4.26. The molecule has 3 rings (SSSR count). The van der Waals surface area contributed by atoms with Crippen LogP contribution in [0.1, 0.15) is 18.1 Å². The molecule has 2 fully saturated rings. The summed E-state index contributed by atoms with van der Waals surface area (Å²) in [4.78, 5) is 6.95. The number of halogens is 3. The number of hydrogen-bond donors (Lipinski definition) is 3. The quantitative estimate of drug-likeness (QED) is 0.688. The third-order valence-corrected chi connectivity index (χ3v) is 4.69. The van der Waals surface area contributed by atoms with Crippen molar-refractivity contribution in [3.63, 3.8) is 0 Å². The summed E-state index contributed by atoms with van der Waals surface area (Å²) in [6, 6.07) is 1.86. The van der Waals surface area contributed by atoms with Crippen LogP contribution in [0.5, 0.6) is 0 Å². The lowest BCUT2D eigenvalue weighted by Gasteiger charge is -2.45. The largest absolute Gasteiger partial charge is 0.417 e. The van der Waals surface area contributed by atoms with Gasteiger partial charge in [-0.3, -0.25) is 0 Å². The smallest absolute Gasteiger partial charge is 0.389 e. The van der Waals surface area contributed by atoms with Gasteiger partial charge in [-0.15, -0.1) is 0 Å². The molecule has 2 aliphatic heterocycles. The van der Waals surface area contributed by atoms with Gasteiger partial charge < -0.3 is 25.1 Å². The molecule has 0 aliphatic carbocycles. The molecule has 0 spiro atoms. The van der Waals surface area contributed by atoms with Gasteiger partial charge in [0.2, 0.25) is 0 Å². The highest BCUT2D eigenvalue weighted by atomic mass is 19.4. The SMILES string of the molecule is C[C@H]1[C@H](O)CN1c1nc(N2C[C@@H](O)[C@@H](O)C2)cc(C(F)(F)F)c1C#N. The Balaban J connectivity index is 2.10. The summed E-state index contributed by atoms with van der Waals surface area (Å²) in [5.74, 6) is -0.230. The zero-order chi connectivity index (χ0) is 18.5. The second-order valence-electron chi connectivity index (χ2n) is 6.34. The first-order chi connectivity index (χ1) is 11.6. The Labute approximate surface area is 141 Å². The molecule has 1 aromatic heterocycles. The first-order valence-electron chi connectivity index (χ1n) is 7.71. The van der Waals surface area contributed by atoms with Gasteiger partial charge in [-0.05, 0) is 13.0 Å². The standard InChI is InChI=1S/C15H17F3N4O3/c1-7-10(23)6-22(7)14-8(3-19)9(15(16,17)18)2-13(20-14)21-4-11(24)12(25)5-21/h2,7,10-12,23-25H,4-6H2,1H3/t7-,10+,11-,12+/m0/s1. The third kappa shape index (κ3) is 2.99. The lowest BCUT2D eigenvalue weighted by molar-refractivity contribution is -0.137. The Hall–Kier alpha value is -2.09. The monoisotopic (exact) mass is 358 g/mol. The topological polar surface area (TPSA) is 104 Å². The normalized spacial score (nSPS) is 29.5. The van der Waals surface area contributed by atoms with E-state index in [1.54, 1.807) is 13.0 Å². The van der Waals surface area contributed by atoms with Gasteiger partial charge in [0.15, 0.2) is 0 Å². The average molecular weight is 358 g/mol. The van der Waals surface area contributed by atoms with E-state index in [0.29, 0.717) is 0 Å². The second kappa shape index (κ2) is 6.01.